The van der Waals surface area contributed by atoms with Gasteiger partial charge in [-0.1, -0.05) is 18.2 Å². The molecule has 5 rings (SSSR count). The first-order valence-electron chi connectivity index (χ1n) is 9.92. The van der Waals surface area contributed by atoms with E-state index in [0.717, 1.165) is 22.6 Å². The molecule has 3 aromatic rings. The summed E-state index contributed by atoms with van der Waals surface area (Å²) in [5.74, 6) is 1.93. The maximum Gasteiger partial charge on any atom is 0.278 e. The molecule has 7 heteroatoms. The number of carbonyl (C=O) groups is 1. The van der Waals surface area contributed by atoms with E-state index in [2.05, 4.69) is 5.32 Å². The van der Waals surface area contributed by atoms with Gasteiger partial charge in [0.25, 0.3) is 5.91 Å². The van der Waals surface area contributed by atoms with Crippen LogP contribution in [0.1, 0.15) is 34.6 Å². The number of fused-ring (bicyclic) bond motifs is 2. The summed E-state index contributed by atoms with van der Waals surface area (Å²) in [7, 11) is 1.63. The highest BCUT2D eigenvalue weighted by Gasteiger charge is 2.34. The summed E-state index contributed by atoms with van der Waals surface area (Å²) in [4.78, 5) is 13.4. The fraction of sp³-hybridized carbons (Fsp3) is 0.167. The summed E-state index contributed by atoms with van der Waals surface area (Å²) < 4.78 is 16.2. The molecule has 7 nitrogen and oxygen atoms in total. The number of rotatable bonds is 4. The number of carbonyl (C=O) groups excluding carboxylic acids is 1. The second kappa shape index (κ2) is 7.68. The average Bonchev–Trinajstić information content (AvgIpc) is 3.28. The quantitative estimate of drug-likeness (QED) is 0.639. The van der Waals surface area contributed by atoms with E-state index in [0.29, 0.717) is 22.8 Å². The van der Waals surface area contributed by atoms with Gasteiger partial charge in [-0.15, -0.1) is 0 Å². The summed E-state index contributed by atoms with van der Waals surface area (Å²) in [6, 6.07) is 20.7. The van der Waals surface area contributed by atoms with Crippen LogP contribution in [-0.2, 0) is 0 Å². The summed E-state index contributed by atoms with van der Waals surface area (Å²) in [5, 5.41) is 9.65. The zero-order chi connectivity index (χ0) is 21.4. The zero-order valence-electron chi connectivity index (χ0n) is 17.2. The van der Waals surface area contributed by atoms with Gasteiger partial charge in [0, 0.05) is 11.3 Å². The molecule has 0 radical (unpaired) electrons. The predicted octanol–water partition coefficient (Wildman–Crippen LogP) is 4.41. The van der Waals surface area contributed by atoms with Gasteiger partial charge in [-0.05, 0) is 61.0 Å². The molecule has 0 saturated carbocycles. The lowest BCUT2D eigenvalue weighted by molar-refractivity contribution is 0.0689. The van der Waals surface area contributed by atoms with Crippen LogP contribution >= 0.6 is 0 Å². The Morgan fingerprint density at radius 1 is 1.06 bits per heavy atom. The molecule has 0 bridgehead atoms. The highest BCUT2D eigenvalue weighted by molar-refractivity contribution is 6.04. The molecule has 0 fully saturated rings. The van der Waals surface area contributed by atoms with Gasteiger partial charge < -0.3 is 19.5 Å². The second-order valence-electron chi connectivity index (χ2n) is 7.27. The molecule has 2 aliphatic heterocycles. The smallest absolute Gasteiger partial charge is 0.278 e. The van der Waals surface area contributed by atoms with E-state index in [1.807, 2.05) is 67.6 Å². The molecule has 2 aliphatic rings. The van der Waals surface area contributed by atoms with Crippen LogP contribution in [-0.4, -0.2) is 30.5 Å². The molecule has 1 atom stereocenters. The molecule has 1 N–H and O–H groups in total. The number of amides is 1. The Kier molecular flexibility index (Phi) is 4.71. The lowest BCUT2D eigenvalue weighted by atomic mass is 10.0. The Morgan fingerprint density at radius 2 is 1.84 bits per heavy atom. The average molecular weight is 415 g/mol. The molecule has 0 aromatic heterocycles. The Bertz CT molecular complexity index is 1170. The number of hydrogen-bond acceptors (Lipinski definition) is 6. The van der Waals surface area contributed by atoms with Crippen LogP contribution in [0.4, 0.5) is 5.69 Å². The van der Waals surface area contributed by atoms with Gasteiger partial charge in [0.2, 0.25) is 6.79 Å². The fourth-order valence-corrected chi connectivity index (χ4v) is 3.71. The molecule has 2 heterocycles. The summed E-state index contributed by atoms with van der Waals surface area (Å²) in [6.07, 6.45) is -0.495. The molecule has 156 valence electrons. The van der Waals surface area contributed by atoms with E-state index in [1.54, 1.807) is 13.2 Å². The van der Waals surface area contributed by atoms with Crippen molar-refractivity contribution in [2.24, 2.45) is 5.10 Å². The van der Waals surface area contributed by atoms with Crippen LogP contribution in [0.2, 0.25) is 0 Å². The van der Waals surface area contributed by atoms with Crippen LogP contribution in [0.3, 0.4) is 0 Å². The van der Waals surface area contributed by atoms with Crippen molar-refractivity contribution < 1.29 is 19.0 Å². The molecule has 0 saturated heterocycles. The van der Waals surface area contributed by atoms with E-state index >= 15 is 0 Å². The summed E-state index contributed by atoms with van der Waals surface area (Å²) in [6.45, 7) is 2.07. The topological polar surface area (TPSA) is 72.4 Å². The maximum absolute atomic E-state index is 13.4. The summed E-state index contributed by atoms with van der Waals surface area (Å²) in [5.41, 5.74) is 3.80. The lowest BCUT2D eigenvalue weighted by Gasteiger charge is -2.35. The van der Waals surface area contributed by atoms with Crippen LogP contribution in [0, 0.1) is 0 Å². The minimum atomic E-state index is -0.495. The monoisotopic (exact) mass is 415 g/mol. The van der Waals surface area contributed by atoms with Crippen molar-refractivity contribution in [1.82, 2.24) is 5.01 Å². The Labute approximate surface area is 179 Å². The fourth-order valence-electron chi connectivity index (χ4n) is 3.71. The van der Waals surface area contributed by atoms with Gasteiger partial charge in [-0.3, -0.25) is 4.79 Å². The van der Waals surface area contributed by atoms with Crippen molar-refractivity contribution in [2.75, 3.05) is 19.2 Å². The Balaban J connectivity index is 1.56. The molecule has 1 amide bonds. The predicted molar refractivity (Wildman–Crippen MR) is 117 cm³/mol. The van der Waals surface area contributed by atoms with E-state index in [1.165, 1.54) is 5.01 Å². The van der Waals surface area contributed by atoms with Crippen molar-refractivity contribution in [3.8, 4) is 17.2 Å². The number of ether oxygens (including phenoxy) is 3. The first-order chi connectivity index (χ1) is 15.1. The van der Waals surface area contributed by atoms with Crippen molar-refractivity contribution in [3.63, 3.8) is 0 Å². The SMILES string of the molecule is COc1ccc(C(C)=NN2C(=O)c3ccccc3NC2c2ccc3c(c2)OCO3)cc1. The van der Waals surface area contributed by atoms with Crippen LogP contribution in [0.25, 0.3) is 0 Å². The molecular formula is C24H21N3O4. The molecular weight excluding hydrogens is 394 g/mol. The Morgan fingerprint density at radius 3 is 2.65 bits per heavy atom. The number of nitrogens with one attached hydrogen (secondary N) is 1. The first-order valence-corrected chi connectivity index (χ1v) is 9.92. The minimum Gasteiger partial charge on any atom is -0.497 e. The molecule has 0 aliphatic carbocycles. The maximum atomic E-state index is 13.4. The van der Waals surface area contributed by atoms with E-state index in [-0.39, 0.29) is 12.7 Å². The normalized spacial score (nSPS) is 17.2. The van der Waals surface area contributed by atoms with Gasteiger partial charge in [0.15, 0.2) is 17.7 Å². The van der Waals surface area contributed by atoms with Gasteiger partial charge in [0.1, 0.15) is 5.75 Å². The lowest BCUT2D eigenvalue weighted by Crippen LogP contribution is -2.40. The van der Waals surface area contributed by atoms with Crippen molar-refractivity contribution >= 4 is 17.3 Å². The van der Waals surface area contributed by atoms with E-state index in [9.17, 15) is 4.79 Å². The third-order valence-electron chi connectivity index (χ3n) is 5.38. The van der Waals surface area contributed by atoms with Crippen LogP contribution in [0.15, 0.2) is 71.8 Å². The van der Waals surface area contributed by atoms with Crippen LogP contribution in [0.5, 0.6) is 17.2 Å². The van der Waals surface area contributed by atoms with Gasteiger partial charge in [-0.2, -0.15) is 5.10 Å². The third-order valence-corrected chi connectivity index (χ3v) is 5.38. The number of nitrogens with zero attached hydrogens (tertiary/aromatic N) is 2. The van der Waals surface area contributed by atoms with Gasteiger partial charge >= 0.3 is 0 Å². The Hall–Kier alpha value is -4.00. The van der Waals surface area contributed by atoms with Gasteiger partial charge in [-0.25, -0.2) is 5.01 Å². The molecule has 3 aromatic carbocycles. The zero-order valence-corrected chi connectivity index (χ0v) is 17.2. The van der Waals surface area contributed by atoms with Crippen molar-refractivity contribution in [3.05, 3.63) is 83.4 Å². The number of hydrazone groups is 1. The first kappa shape index (κ1) is 19.0. The number of para-hydroxylation sites is 1. The number of anilines is 1. The van der Waals surface area contributed by atoms with Crippen LogP contribution < -0.4 is 19.5 Å². The highest BCUT2D eigenvalue weighted by Crippen LogP contribution is 2.38. The largest absolute Gasteiger partial charge is 0.497 e. The molecule has 0 spiro atoms. The third kappa shape index (κ3) is 3.44. The second-order valence-corrected chi connectivity index (χ2v) is 7.27. The molecule has 1 unspecified atom stereocenters. The number of benzene rings is 3. The van der Waals surface area contributed by atoms with Crippen molar-refractivity contribution in [2.45, 2.75) is 13.1 Å². The minimum absolute atomic E-state index is 0.176. The van der Waals surface area contributed by atoms with Gasteiger partial charge in [0.05, 0.1) is 18.4 Å². The highest BCUT2D eigenvalue weighted by atomic mass is 16.7. The van der Waals surface area contributed by atoms with E-state index in [4.69, 9.17) is 19.3 Å². The standard InChI is InChI=1S/C24H21N3O4/c1-15(16-7-10-18(29-2)11-8-16)26-27-23(17-9-12-21-22(13-17)31-14-30-21)25-20-6-4-3-5-19(20)24(27)28/h3-13,23,25H,14H2,1-2H3. The van der Waals surface area contributed by atoms with Crippen molar-refractivity contribution in [1.29, 1.82) is 0 Å². The molecule has 31 heavy (non-hydrogen) atoms. The number of hydrogen-bond donors (Lipinski definition) is 1. The van der Waals surface area contributed by atoms with E-state index < -0.39 is 6.17 Å². The number of methoxy groups -OCH3 is 1. The summed E-state index contributed by atoms with van der Waals surface area (Å²) >= 11 is 0.